The van der Waals surface area contributed by atoms with Crippen molar-refractivity contribution in [1.82, 2.24) is 14.7 Å². The Morgan fingerprint density at radius 1 is 1.18 bits per heavy atom. The highest BCUT2D eigenvalue weighted by Crippen LogP contribution is 2.40. The smallest absolute Gasteiger partial charge is 0.257 e. The molecule has 1 saturated carbocycles. The first-order chi connectivity index (χ1) is 16.0. The minimum absolute atomic E-state index is 0.0618. The van der Waals surface area contributed by atoms with E-state index in [1.54, 1.807) is 48.3 Å². The van der Waals surface area contributed by atoms with E-state index in [9.17, 15) is 9.59 Å². The molecule has 1 aliphatic heterocycles. The molecule has 0 bridgehead atoms. The van der Waals surface area contributed by atoms with Crippen LogP contribution in [-0.4, -0.2) is 39.6 Å². The monoisotopic (exact) mass is 466 g/mol. The van der Waals surface area contributed by atoms with Crippen LogP contribution >= 0.6 is 12.0 Å². The normalized spacial score (nSPS) is 15.0. The summed E-state index contributed by atoms with van der Waals surface area (Å²) in [6.45, 7) is 0.478. The maximum Gasteiger partial charge on any atom is 0.257 e. The van der Waals surface area contributed by atoms with Gasteiger partial charge in [0.15, 0.2) is 5.82 Å². The number of carbonyl (C=O) groups excluding carboxylic acids is 2. The number of hydrogen-bond acceptors (Lipinski definition) is 7. The molecule has 0 radical (unpaired) electrons. The van der Waals surface area contributed by atoms with Crippen LogP contribution in [-0.2, 0) is 22.8 Å². The van der Waals surface area contributed by atoms with Crippen molar-refractivity contribution in [3.63, 3.8) is 0 Å². The Balaban J connectivity index is 1.44. The van der Waals surface area contributed by atoms with Crippen molar-refractivity contribution in [2.45, 2.75) is 30.3 Å². The average Bonchev–Trinajstić information content (AvgIpc) is 3.49. The number of carbonyl (C=O) groups is 2. The molecule has 2 aliphatic rings. The van der Waals surface area contributed by atoms with Gasteiger partial charge in [0.05, 0.1) is 25.7 Å². The van der Waals surface area contributed by atoms with Crippen LogP contribution in [0.25, 0.3) is 0 Å². The molecule has 170 valence electrons. The zero-order chi connectivity index (χ0) is 22.9. The van der Waals surface area contributed by atoms with E-state index in [0.29, 0.717) is 35.0 Å². The van der Waals surface area contributed by atoms with E-state index >= 15 is 0 Å². The average molecular weight is 467 g/mol. The number of anilines is 1. The predicted octanol–water partition coefficient (Wildman–Crippen LogP) is 4.17. The first kappa shape index (κ1) is 21.5. The molecule has 2 amide bonds. The minimum Gasteiger partial charge on any atom is -0.457 e. The zero-order valence-electron chi connectivity index (χ0n) is 18.1. The van der Waals surface area contributed by atoms with Crippen molar-refractivity contribution in [3.05, 3.63) is 65.4 Å². The number of ether oxygens (including phenoxy) is 1. The standard InChI is InChI=1S/C23H22N4O5S/c1-26-10-9-21(25-26)24-22(28)14-11-18-19(13-27(23(18)29)15-3-4-15)20(12-14)31-16-5-7-17(8-6-16)33-32-30-2/h5-12,15H,3-4,13H2,1-2H3,(H,24,25,28). The molecule has 10 heteroatoms. The molecule has 0 atom stereocenters. The summed E-state index contributed by atoms with van der Waals surface area (Å²) < 4.78 is 12.6. The fourth-order valence-corrected chi connectivity index (χ4v) is 4.13. The largest absolute Gasteiger partial charge is 0.457 e. The summed E-state index contributed by atoms with van der Waals surface area (Å²) in [5.74, 6) is 1.08. The van der Waals surface area contributed by atoms with Crippen molar-refractivity contribution < 1.29 is 23.5 Å². The van der Waals surface area contributed by atoms with E-state index in [-0.39, 0.29) is 17.9 Å². The molecule has 2 aromatic carbocycles. The molecule has 0 spiro atoms. The lowest BCUT2D eigenvalue weighted by atomic mass is 10.0. The predicted molar refractivity (Wildman–Crippen MR) is 121 cm³/mol. The molecule has 3 aromatic rings. The maximum absolute atomic E-state index is 13.1. The van der Waals surface area contributed by atoms with E-state index in [1.165, 1.54) is 7.11 Å². The van der Waals surface area contributed by atoms with Gasteiger partial charge in [0, 0.05) is 46.9 Å². The number of nitrogens with one attached hydrogen (secondary N) is 1. The fraction of sp³-hybridized carbons (Fsp3) is 0.261. The quantitative estimate of drug-likeness (QED) is 0.302. The van der Waals surface area contributed by atoms with E-state index in [2.05, 4.69) is 15.3 Å². The number of aromatic nitrogens is 2. The van der Waals surface area contributed by atoms with Crippen LogP contribution in [0.1, 0.15) is 39.1 Å². The maximum atomic E-state index is 13.1. The Morgan fingerprint density at radius 2 is 1.97 bits per heavy atom. The highest BCUT2D eigenvalue weighted by atomic mass is 32.2. The summed E-state index contributed by atoms with van der Waals surface area (Å²) >= 11 is 1.09. The lowest BCUT2D eigenvalue weighted by molar-refractivity contribution is -0.160. The van der Waals surface area contributed by atoms with E-state index in [0.717, 1.165) is 35.3 Å². The number of hydrogen-bond donors (Lipinski definition) is 1. The van der Waals surface area contributed by atoms with Gasteiger partial charge in [-0.25, -0.2) is 4.89 Å². The number of fused-ring (bicyclic) bond motifs is 1. The van der Waals surface area contributed by atoms with Gasteiger partial charge in [0.2, 0.25) is 0 Å². The lowest BCUT2D eigenvalue weighted by Crippen LogP contribution is -2.26. The summed E-state index contributed by atoms with van der Waals surface area (Å²) in [4.78, 5) is 33.3. The van der Waals surface area contributed by atoms with E-state index in [1.807, 2.05) is 17.0 Å². The molecule has 33 heavy (non-hydrogen) atoms. The van der Waals surface area contributed by atoms with Crippen molar-refractivity contribution in [2.24, 2.45) is 7.05 Å². The van der Waals surface area contributed by atoms with E-state index in [4.69, 9.17) is 9.07 Å². The topological polar surface area (TPSA) is 94.9 Å². The number of benzene rings is 2. The molecule has 1 N–H and O–H groups in total. The molecule has 1 fully saturated rings. The summed E-state index contributed by atoms with van der Waals surface area (Å²) in [6, 6.07) is 12.5. The van der Waals surface area contributed by atoms with Gasteiger partial charge in [0.1, 0.15) is 11.5 Å². The van der Waals surface area contributed by atoms with Gasteiger partial charge in [-0.05, 0) is 49.2 Å². The van der Waals surface area contributed by atoms with Gasteiger partial charge in [-0.2, -0.15) is 9.43 Å². The highest BCUT2D eigenvalue weighted by Gasteiger charge is 2.40. The third-order valence-electron chi connectivity index (χ3n) is 5.48. The summed E-state index contributed by atoms with van der Waals surface area (Å²) in [5, 5.41) is 6.95. The number of amides is 2. The van der Waals surface area contributed by atoms with Crippen LogP contribution in [0.15, 0.2) is 53.6 Å². The molecule has 9 nitrogen and oxygen atoms in total. The molecular weight excluding hydrogens is 444 g/mol. The Bertz CT molecular complexity index is 1210. The number of aryl methyl sites for hydroxylation is 1. The Labute approximate surface area is 194 Å². The third-order valence-corrected chi connectivity index (χ3v) is 6.15. The lowest BCUT2D eigenvalue weighted by Gasteiger charge is -2.14. The van der Waals surface area contributed by atoms with Crippen LogP contribution in [0.3, 0.4) is 0 Å². The van der Waals surface area contributed by atoms with E-state index < -0.39 is 0 Å². The van der Waals surface area contributed by atoms with Crippen LogP contribution < -0.4 is 10.1 Å². The Morgan fingerprint density at radius 3 is 2.64 bits per heavy atom. The van der Waals surface area contributed by atoms with Crippen LogP contribution in [0.2, 0.25) is 0 Å². The van der Waals surface area contributed by atoms with Crippen molar-refractivity contribution in [3.8, 4) is 11.5 Å². The van der Waals surface area contributed by atoms with Crippen LogP contribution in [0.5, 0.6) is 11.5 Å². The summed E-state index contributed by atoms with van der Waals surface area (Å²) in [6.07, 6.45) is 3.75. The Hall–Kier alpha value is -3.34. The van der Waals surface area contributed by atoms with Crippen LogP contribution in [0.4, 0.5) is 5.82 Å². The molecule has 0 saturated heterocycles. The molecular formula is C23H22N4O5S. The molecule has 1 aromatic heterocycles. The first-order valence-electron chi connectivity index (χ1n) is 10.5. The second-order valence-corrected chi connectivity index (χ2v) is 8.66. The van der Waals surface area contributed by atoms with Gasteiger partial charge < -0.3 is 15.0 Å². The van der Waals surface area contributed by atoms with Crippen molar-refractivity contribution in [2.75, 3.05) is 12.4 Å². The minimum atomic E-state index is -0.359. The van der Waals surface area contributed by atoms with Gasteiger partial charge in [0.25, 0.3) is 11.8 Å². The SMILES string of the molecule is COOSc1ccc(Oc2cc(C(=O)Nc3ccn(C)n3)cc3c2CN(C2CC2)C3=O)cc1. The van der Waals surface area contributed by atoms with Gasteiger partial charge in [-0.1, -0.05) is 0 Å². The summed E-state index contributed by atoms with van der Waals surface area (Å²) in [5.41, 5.74) is 1.63. The number of nitrogens with zero attached hydrogens (tertiary/aromatic N) is 3. The zero-order valence-corrected chi connectivity index (χ0v) is 18.9. The molecule has 2 heterocycles. The van der Waals surface area contributed by atoms with Gasteiger partial charge >= 0.3 is 0 Å². The van der Waals surface area contributed by atoms with Crippen molar-refractivity contribution in [1.29, 1.82) is 0 Å². The molecule has 5 rings (SSSR count). The highest BCUT2D eigenvalue weighted by molar-refractivity contribution is 7.94. The van der Waals surface area contributed by atoms with Crippen LogP contribution in [0, 0.1) is 0 Å². The summed E-state index contributed by atoms with van der Waals surface area (Å²) in [7, 11) is 3.21. The van der Waals surface area contributed by atoms with Gasteiger partial charge in [-0.3, -0.25) is 14.3 Å². The second kappa shape index (κ2) is 8.89. The number of rotatable bonds is 8. The Kier molecular flexibility index (Phi) is 5.79. The fourth-order valence-electron chi connectivity index (χ4n) is 3.73. The van der Waals surface area contributed by atoms with Crippen molar-refractivity contribution >= 4 is 29.7 Å². The first-order valence-corrected chi connectivity index (χ1v) is 11.2. The molecule has 0 unspecified atom stereocenters. The third kappa shape index (κ3) is 4.58. The second-order valence-electron chi connectivity index (χ2n) is 7.89. The van der Waals surface area contributed by atoms with Gasteiger partial charge in [-0.15, -0.1) is 0 Å². The molecule has 1 aliphatic carbocycles.